The molecule has 0 heterocycles. The van der Waals surface area contributed by atoms with Gasteiger partial charge in [-0.2, -0.15) is 0 Å². The van der Waals surface area contributed by atoms with Gasteiger partial charge in [0, 0.05) is 5.02 Å². The van der Waals surface area contributed by atoms with Crippen LogP contribution in [0.15, 0.2) is 12.1 Å². The molecule has 0 fully saturated rings. The number of nitrogens with one attached hydrogen (secondary N) is 2. The van der Waals surface area contributed by atoms with Crippen LogP contribution in [0.3, 0.4) is 0 Å². The average Bonchev–Trinajstić information content (AvgIpc) is 2.32. The van der Waals surface area contributed by atoms with Crippen LogP contribution in [-0.2, 0) is 4.79 Å². The fourth-order valence-electron chi connectivity index (χ4n) is 1.66. The number of hydrogen-bond donors (Lipinski definition) is 3. The topological polar surface area (TPSA) is 78.4 Å². The Morgan fingerprint density at radius 1 is 1.19 bits per heavy atom. The number of carboxylic acid groups (broad SMARTS) is 1. The molecule has 0 aromatic heterocycles. The van der Waals surface area contributed by atoms with Gasteiger partial charge in [-0.15, -0.1) is 0 Å². The zero-order valence-electron chi connectivity index (χ0n) is 11.4. The van der Waals surface area contributed by atoms with Crippen molar-refractivity contribution in [2.75, 3.05) is 5.32 Å². The van der Waals surface area contributed by atoms with Crippen LogP contribution < -0.4 is 10.6 Å². The number of aliphatic carboxylic acids is 1. The highest BCUT2D eigenvalue weighted by atomic mass is 35.5. The van der Waals surface area contributed by atoms with Gasteiger partial charge in [-0.1, -0.05) is 48.7 Å². The summed E-state index contributed by atoms with van der Waals surface area (Å²) < 4.78 is 0. The van der Waals surface area contributed by atoms with Crippen LogP contribution in [0.5, 0.6) is 0 Å². The molecule has 116 valence electrons. The quantitative estimate of drug-likeness (QED) is 0.739. The Labute approximate surface area is 137 Å². The van der Waals surface area contributed by atoms with Gasteiger partial charge in [0.1, 0.15) is 6.04 Å². The summed E-state index contributed by atoms with van der Waals surface area (Å²) in [5.41, 5.74) is 0.175. The molecule has 0 aliphatic rings. The van der Waals surface area contributed by atoms with Crippen LogP contribution in [0.25, 0.3) is 0 Å². The van der Waals surface area contributed by atoms with Crippen molar-refractivity contribution < 1.29 is 14.7 Å². The van der Waals surface area contributed by atoms with Crippen molar-refractivity contribution in [2.45, 2.75) is 26.3 Å². The Morgan fingerprint density at radius 3 is 2.14 bits per heavy atom. The van der Waals surface area contributed by atoms with E-state index in [-0.39, 0.29) is 21.7 Å². The van der Waals surface area contributed by atoms with E-state index in [0.29, 0.717) is 11.4 Å². The van der Waals surface area contributed by atoms with Crippen molar-refractivity contribution in [1.82, 2.24) is 5.32 Å². The Balaban J connectivity index is 2.79. The monoisotopic (exact) mass is 352 g/mol. The third-order valence-electron chi connectivity index (χ3n) is 2.56. The Morgan fingerprint density at radius 2 is 1.71 bits per heavy atom. The van der Waals surface area contributed by atoms with Crippen molar-refractivity contribution in [3.8, 4) is 0 Å². The number of anilines is 1. The highest BCUT2D eigenvalue weighted by Crippen LogP contribution is 2.33. The highest BCUT2D eigenvalue weighted by molar-refractivity contribution is 6.42. The number of amides is 2. The summed E-state index contributed by atoms with van der Waals surface area (Å²) in [5, 5.41) is 14.5. The van der Waals surface area contributed by atoms with Crippen molar-refractivity contribution in [3.63, 3.8) is 0 Å². The third-order valence-corrected chi connectivity index (χ3v) is 3.37. The summed E-state index contributed by atoms with van der Waals surface area (Å²) in [7, 11) is 0. The lowest BCUT2D eigenvalue weighted by atomic mass is 10.0. The largest absolute Gasteiger partial charge is 0.480 e. The minimum Gasteiger partial charge on any atom is -0.480 e. The first-order valence-corrected chi connectivity index (χ1v) is 7.29. The first-order chi connectivity index (χ1) is 9.70. The van der Waals surface area contributed by atoms with Gasteiger partial charge < -0.3 is 15.7 Å². The zero-order valence-corrected chi connectivity index (χ0v) is 13.7. The maximum Gasteiger partial charge on any atom is 0.326 e. The van der Waals surface area contributed by atoms with E-state index < -0.39 is 18.0 Å². The second kappa shape index (κ2) is 7.73. The second-order valence-corrected chi connectivity index (χ2v) is 6.11. The summed E-state index contributed by atoms with van der Waals surface area (Å²) in [4.78, 5) is 23.0. The molecule has 1 rings (SSSR count). The predicted molar refractivity (Wildman–Crippen MR) is 84.5 cm³/mol. The predicted octanol–water partition coefficient (Wildman–Crippen LogP) is 4.27. The maximum absolute atomic E-state index is 11.9. The van der Waals surface area contributed by atoms with E-state index >= 15 is 0 Å². The van der Waals surface area contributed by atoms with E-state index in [0.717, 1.165) is 0 Å². The number of rotatable bonds is 5. The Kier molecular flexibility index (Phi) is 6.58. The lowest BCUT2D eigenvalue weighted by Gasteiger charge is -2.17. The summed E-state index contributed by atoms with van der Waals surface area (Å²) in [5.74, 6) is -0.985. The lowest BCUT2D eigenvalue weighted by molar-refractivity contribution is -0.139. The standard InChI is InChI=1S/C13H15Cl3N2O3/c1-6(2)3-10(12(19)20)17-13(21)18-11-8(15)4-7(14)5-9(11)16/h4-6,10H,3H2,1-2H3,(H,19,20)(H2,17,18,21)/t10-/m0/s1. The van der Waals surface area contributed by atoms with Crippen LogP contribution in [0.1, 0.15) is 20.3 Å². The summed E-state index contributed by atoms with van der Waals surface area (Å²) in [6.45, 7) is 3.73. The molecule has 0 unspecified atom stereocenters. The second-order valence-electron chi connectivity index (χ2n) is 4.86. The smallest absolute Gasteiger partial charge is 0.326 e. The number of carboxylic acids is 1. The summed E-state index contributed by atoms with van der Waals surface area (Å²) in [6.07, 6.45) is 0.310. The Bertz CT molecular complexity index is 526. The molecule has 21 heavy (non-hydrogen) atoms. The minimum absolute atomic E-state index is 0.120. The van der Waals surface area contributed by atoms with Gasteiger partial charge in [0.05, 0.1) is 15.7 Å². The molecule has 0 bridgehead atoms. The molecule has 0 spiro atoms. The first-order valence-electron chi connectivity index (χ1n) is 6.15. The molecule has 1 aromatic rings. The molecular formula is C13H15Cl3N2O3. The molecule has 5 nitrogen and oxygen atoms in total. The Hall–Kier alpha value is -1.17. The summed E-state index contributed by atoms with van der Waals surface area (Å²) in [6, 6.07) is 1.16. The molecule has 0 aliphatic carbocycles. The molecule has 1 aromatic carbocycles. The van der Waals surface area contributed by atoms with E-state index in [9.17, 15) is 9.59 Å². The average molecular weight is 354 g/mol. The van der Waals surface area contributed by atoms with E-state index in [1.165, 1.54) is 12.1 Å². The minimum atomic E-state index is -1.10. The van der Waals surface area contributed by atoms with E-state index in [1.54, 1.807) is 0 Å². The van der Waals surface area contributed by atoms with Crippen molar-refractivity contribution in [1.29, 1.82) is 0 Å². The van der Waals surface area contributed by atoms with Crippen molar-refractivity contribution >= 4 is 52.5 Å². The number of urea groups is 1. The van der Waals surface area contributed by atoms with E-state index in [2.05, 4.69) is 10.6 Å². The molecule has 1 atom stereocenters. The number of hydrogen-bond acceptors (Lipinski definition) is 2. The highest BCUT2D eigenvalue weighted by Gasteiger charge is 2.22. The fraction of sp³-hybridized carbons (Fsp3) is 0.385. The fourth-order valence-corrected chi connectivity index (χ4v) is 2.57. The molecule has 0 aliphatic heterocycles. The van der Waals surface area contributed by atoms with Gasteiger partial charge in [0.2, 0.25) is 0 Å². The molecule has 0 saturated carbocycles. The number of halogens is 3. The molecule has 2 amide bonds. The lowest BCUT2D eigenvalue weighted by Crippen LogP contribution is -2.43. The molecule has 3 N–H and O–H groups in total. The van der Waals surface area contributed by atoms with Crippen molar-refractivity contribution in [3.05, 3.63) is 27.2 Å². The van der Waals surface area contributed by atoms with Crippen LogP contribution >= 0.6 is 34.8 Å². The van der Waals surface area contributed by atoms with Crippen LogP contribution in [0, 0.1) is 5.92 Å². The zero-order chi connectivity index (χ0) is 16.2. The maximum atomic E-state index is 11.9. The van der Waals surface area contributed by atoms with Gasteiger partial charge in [0.25, 0.3) is 0 Å². The van der Waals surface area contributed by atoms with Crippen LogP contribution in [0.2, 0.25) is 15.1 Å². The third kappa shape index (κ3) is 5.61. The van der Waals surface area contributed by atoms with Gasteiger partial charge in [0.15, 0.2) is 0 Å². The van der Waals surface area contributed by atoms with Crippen LogP contribution in [0.4, 0.5) is 10.5 Å². The number of benzene rings is 1. The van der Waals surface area contributed by atoms with Gasteiger partial charge in [-0.25, -0.2) is 9.59 Å². The van der Waals surface area contributed by atoms with E-state index in [1.807, 2.05) is 13.8 Å². The van der Waals surface area contributed by atoms with Gasteiger partial charge in [-0.3, -0.25) is 0 Å². The summed E-state index contributed by atoms with van der Waals surface area (Å²) >= 11 is 17.6. The SMILES string of the molecule is CC(C)C[C@H](NC(=O)Nc1c(Cl)cc(Cl)cc1Cl)C(=O)O. The van der Waals surface area contributed by atoms with Crippen molar-refractivity contribution in [2.24, 2.45) is 5.92 Å². The van der Waals surface area contributed by atoms with E-state index in [4.69, 9.17) is 39.9 Å². The first kappa shape index (κ1) is 17.9. The van der Waals surface area contributed by atoms with Crippen LogP contribution in [-0.4, -0.2) is 23.1 Å². The normalized spacial score (nSPS) is 12.1. The number of carbonyl (C=O) groups is 2. The number of carbonyl (C=O) groups excluding carboxylic acids is 1. The molecule has 0 saturated heterocycles. The molecule has 8 heteroatoms. The molecular weight excluding hydrogens is 339 g/mol. The molecule has 0 radical (unpaired) electrons. The van der Waals surface area contributed by atoms with Gasteiger partial charge >= 0.3 is 12.0 Å². The van der Waals surface area contributed by atoms with Gasteiger partial charge in [-0.05, 0) is 24.5 Å².